The quantitative estimate of drug-likeness (QED) is 0.339. The molecule has 0 aliphatic heterocycles. The molecule has 1 rings (SSSR count). The summed E-state index contributed by atoms with van der Waals surface area (Å²) in [6.07, 6.45) is 3.02. The number of rotatable bonds is 5. The lowest BCUT2D eigenvalue weighted by Gasteiger charge is -2.06. The molecule has 5 nitrogen and oxygen atoms in total. The molecule has 0 saturated heterocycles. The lowest BCUT2D eigenvalue weighted by atomic mass is 10.1. The molecule has 0 amide bonds. The van der Waals surface area contributed by atoms with E-state index in [0.29, 0.717) is 17.2 Å². The predicted molar refractivity (Wildman–Crippen MR) is 72.3 cm³/mol. The highest BCUT2D eigenvalue weighted by atomic mass is 32.1. The van der Waals surface area contributed by atoms with Gasteiger partial charge in [-0.05, 0) is 12.2 Å². The molecule has 0 heterocycles. The Morgan fingerprint density at radius 1 is 1.50 bits per heavy atom. The standard InChI is InChI=1S/C12H13N3O2S/c1-2-7-13-12(18)15-14-8-9-5-3-4-6-10(9)11(16)17/h2-6,8H,1,7H2,(H,16,17)(H2,13,15,18)/p-1/b14-8+. The van der Waals surface area contributed by atoms with Crippen molar-refractivity contribution in [1.82, 2.24) is 10.7 Å². The molecule has 0 bridgehead atoms. The fourth-order valence-corrected chi connectivity index (χ4v) is 1.30. The SMILES string of the molecule is C=CCNC(=S)N/N=C/c1ccccc1C(=O)[O-]. The van der Waals surface area contributed by atoms with Crippen LogP contribution in [0.5, 0.6) is 0 Å². The predicted octanol–water partition coefficient (Wildman–Crippen LogP) is 0.0341. The number of carbonyl (C=O) groups is 1. The lowest BCUT2D eigenvalue weighted by Crippen LogP contribution is -2.32. The number of carbonyl (C=O) groups excluding carboxylic acids is 1. The molecule has 18 heavy (non-hydrogen) atoms. The second-order valence-electron chi connectivity index (χ2n) is 3.24. The summed E-state index contributed by atoms with van der Waals surface area (Å²) in [4.78, 5) is 10.8. The van der Waals surface area contributed by atoms with Gasteiger partial charge in [-0.2, -0.15) is 5.10 Å². The van der Waals surface area contributed by atoms with E-state index >= 15 is 0 Å². The first kappa shape index (κ1) is 13.9. The van der Waals surface area contributed by atoms with Crippen LogP contribution in [0.2, 0.25) is 0 Å². The second kappa shape index (κ2) is 7.18. The third kappa shape index (κ3) is 4.34. The number of benzene rings is 1. The van der Waals surface area contributed by atoms with Crippen LogP contribution in [0.4, 0.5) is 0 Å². The van der Waals surface area contributed by atoms with Crippen LogP contribution in [0.25, 0.3) is 0 Å². The minimum absolute atomic E-state index is 0.0769. The molecule has 1 aromatic rings. The number of carboxylic acids is 1. The van der Waals surface area contributed by atoms with Gasteiger partial charge in [0.05, 0.1) is 12.2 Å². The van der Waals surface area contributed by atoms with Crippen molar-refractivity contribution in [3.8, 4) is 0 Å². The fraction of sp³-hybridized carbons (Fsp3) is 0.0833. The molecule has 0 radical (unpaired) electrons. The van der Waals surface area contributed by atoms with Gasteiger partial charge in [-0.3, -0.25) is 5.43 Å². The summed E-state index contributed by atoms with van der Waals surface area (Å²) in [5.74, 6) is -1.25. The Balaban J connectivity index is 2.64. The monoisotopic (exact) mass is 262 g/mol. The van der Waals surface area contributed by atoms with E-state index in [0.717, 1.165) is 0 Å². The maximum Gasteiger partial charge on any atom is 0.187 e. The number of hydrazone groups is 1. The number of hydrogen-bond acceptors (Lipinski definition) is 4. The molecule has 1 aromatic carbocycles. The minimum Gasteiger partial charge on any atom is -0.545 e. The molecular formula is C12H12N3O2S-. The third-order valence-electron chi connectivity index (χ3n) is 1.96. The van der Waals surface area contributed by atoms with E-state index in [4.69, 9.17) is 12.2 Å². The van der Waals surface area contributed by atoms with Crippen molar-refractivity contribution in [2.45, 2.75) is 0 Å². The van der Waals surface area contributed by atoms with Crippen LogP contribution in [-0.4, -0.2) is 23.8 Å². The topological polar surface area (TPSA) is 76.5 Å². The van der Waals surface area contributed by atoms with Gasteiger partial charge in [-0.15, -0.1) is 6.58 Å². The van der Waals surface area contributed by atoms with E-state index in [1.54, 1.807) is 24.3 Å². The first-order valence-corrected chi connectivity index (χ1v) is 5.54. The van der Waals surface area contributed by atoms with Gasteiger partial charge in [0.2, 0.25) is 0 Å². The molecule has 0 fully saturated rings. The van der Waals surface area contributed by atoms with E-state index in [1.807, 2.05) is 0 Å². The number of aromatic carboxylic acids is 1. The Labute approximate surface area is 110 Å². The summed E-state index contributed by atoms with van der Waals surface area (Å²) in [5.41, 5.74) is 3.08. The fourth-order valence-electron chi connectivity index (χ4n) is 1.16. The van der Waals surface area contributed by atoms with Gasteiger partial charge < -0.3 is 15.2 Å². The molecule has 0 aliphatic carbocycles. The van der Waals surface area contributed by atoms with Crippen LogP contribution in [0.3, 0.4) is 0 Å². The van der Waals surface area contributed by atoms with Crippen LogP contribution >= 0.6 is 12.2 Å². The third-order valence-corrected chi connectivity index (χ3v) is 2.19. The van der Waals surface area contributed by atoms with Gasteiger partial charge >= 0.3 is 0 Å². The Morgan fingerprint density at radius 2 is 2.22 bits per heavy atom. The maximum atomic E-state index is 10.8. The van der Waals surface area contributed by atoms with Gasteiger partial charge in [0.15, 0.2) is 5.11 Å². The van der Waals surface area contributed by atoms with Crippen molar-refractivity contribution in [1.29, 1.82) is 0 Å². The first-order valence-electron chi connectivity index (χ1n) is 5.13. The van der Waals surface area contributed by atoms with Gasteiger partial charge in [-0.25, -0.2) is 0 Å². The first-order chi connectivity index (χ1) is 8.65. The summed E-state index contributed by atoms with van der Waals surface area (Å²) < 4.78 is 0. The number of thiocarbonyl (C=S) groups is 1. The van der Waals surface area contributed by atoms with Crippen LogP contribution < -0.4 is 15.8 Å². The smallest absolute Gasteiger partial charge is 0.187 e. The summed E-state index contributed by atoms with van der Waals surface area (Å²) in [6.45, 7) is 4.06. The van der Waals surface area contributed by atoms with Crippen molar-refractivity contribution in [3.05, 3.63) is 48.0 Å². The number of hydrogen-bond donors (Lipinski definition) is 2. The summed E-state index contributed by atoms with van der Waals surface area (Å²) in [6, 6.07) is 6.40. The Bertz CT molecular complexity index is 486. The molecule has 2 N–H and O–H groups in total. The molecule has 0 aromatic heterocycles. The van der Waals surface area contributed by atoms with Crippen molar-refractivity contribution in [3.63, 3.8) is 0 Å². The molecule has 0 saturated carbocycles. The lowest BCUT2D eigenvalue weighted by molar-refractivity contribution is -0.255. The molecule has 0 spiro atoms. The number of nitrogens with zero attached hydrogens (tertiary/aromatic N) is 1. The normalized spacial score (nSPS) is 10.0. The van der Waals surface area contributed by atoms with Crippen molar-refractivity contribution in [2.24, 2.45) is 5.10 Å². The zero-order valence-electron chi connectivity index (χ0n) is 9.55. The van der Waals surface area contributed by atoms with Gasteiger partial charge in [0.1, 0.15) is 0 Å². The van der Waals surface area contributed by atoms with Gasteiger partial charge in [-0.1, -0.05) is 30.3 Å². The molecule has 0 aliphatic rings. The van der Waals surface area contributed by atoms with Crippen LogP contribution in [-0.2, 0) is 0 Å². The van der Waals surface area contributed by atoms with E-state index in [-0.39, 0.29) is 5.56 Å². The Morgan fingerprint density at radius 3 is 2.89 bits per heavy atom. The van der Waals surface area contributed by atoms with Gasteiger partial charge in [0.25, 0.3) is 0 Å². The van der Waals surface area contributed by atoms with Crippen molar-refractivity contribution in [2.75, 3.05) is 6.54 Å². The van der Waals surface area contributed by atoms with E-state index in [1.165, 1.54) is 12.3 Å². The van der Waals surface area contributed by atoms with Gasteiger partial charge in [0, 0.05) is 17.7 Å². The summed E-state index contributed by atoms with van der Waals surface area (Å²) >= 11 is 4.91. The van der Waals surface area contributed by atoms with Crippen LogP contribution in [0, 0.1) is 0 Å². The second-order valence-corrected chi connectivity index (χ2v) is 3.65. The van der Waals surface area contributed by atoms with E-state index in [2.05, 4.69) is 22.4 Å². The average Bonchev–Trinajstić information content (AvgIpc) is 2.36. The maximum absolute atomic E-state index is 10.8. The number of carboxylic acid groups (broad SMARTS) is 1. The van der Waals surface area contributed by atoms with Crippen LogP contribution in [0.15, 0.2) is 42.0 Å². The largest absolute Gasteiger partial charge is 0.545 e. The Hall–Kier alpha value is -2.21. The average molecular weight is 262 g/mol. The zero-order valence-corrected chi connectivity index (χ0v) is 10.4. The highest BCUT2D eigenvalue weighted by Gasteiger charge is 1.99. The molecule has 94 valence electrons. The molecule has 0 atom stereocenters. The summed E-state index contributed by atoms with van der Waals surface area (Å²) in [5, 5.41) is 17.8. The Kier molecular flexibility index (Phi) is 5.53. The van der Waals surface area contributed by atoms with Crippen LogP contribution in [0.1, 0.15) is 15.9 Å². The zero-order chi connectivity index (χ0) is 13.4. The number of nitrogens with one attached hydrogen (secondary N) is 2. The highest BCUT2D eigenvalue weighted by Crippen LogP contribution is 2.04. The van der Waals surface area contributed by atoms with E-state index in [9.17, 15) is 9.90 Å². The van der Waals surface area contributed by atoms with Crippen molar-refractivity contribution < 1.29 is 9.90 Å². The van der Waals surface area contributed by atoms with E-state index < -0.39 is 5.97 Å². The molecular weight excluding hydrogens is 250 g/mol. The van der Waals surface area contributed by atoms with Crippen molar-refractivity contribution >= 4 is 29.5 Å². The highest BCUT2D eigenvalue weighted by molar-refractivity contribution is 7.80. The minimum atomic E-state index is -1.25. The summed E-state index contributed by atoms with van der Waals surface area (Å²) in [7, 11) is 0. The molecule has 0 unspecified atom stereocenters. The molecule has 6 heteroatoms.